The summed E-state index contributed by atoms with van der Waals surface area (Å²) in [5.41, 5.74) is 8.04. The molecule has 1 aliphatic carbocycles. The lowest BCUT2D eigenvalue weighted by Crippen LogP contribution is -2.58. The maximum Gasteiger partial charge on any atom is 0.322 e. The molecule has 2 aliphatic rings. The molecule has 0 aromatic heterocycles. The maximum atomic E-state index is 13.5. The van der Waals surface area contributed by atoms with E-state index >= 15 is 0 Å². The Balaban J connectivity index is 1.48. The fraction of sp³-hybridized carbons (Fsp3) is 0.387. The lowest BCUT2D eigenvalue weighted by atomic mass is 9.64. The number of rotatable bonds is 8. The van der Waals surface area contributed by atoms with Crippen LogP contribution in [0, 0.1) is 12.8 Å². The number of hydrogen-bond donors (Lipinski definition) is 1. The van der Waals surface area contributed by atoms with Crippen LogP contribution in [0.5, 0.6) is 0 Å². The van der Waals surface area contributed by atoms with Gasteiger partial charge in [0.2, 0.25) is 5.91 Å². The summed E-state index contributed by atoms with van der Waals surface area (Å²) >= 11 is 0. The number of carbonyl (C=O) groups is 1. The lowest BCUT2D eigenvalue weighted by Gasteiger charge is -2.39. The molecule has 1 heterocycles. The van der Waals surface area contributed by atoms with Crippen LogP contribution in [0.2, 0.25) is 0 Å². The highest BCUT2D eigenvalue weighted by Gasteiger charge is 2.59. The maximum absolute atomic E-state index is 13.5. The molecule has 3 aromatic carbocycles. The number of nitrogens with zero attached hydrogens (tertiary/aromatic N) is 2. The smallest absolute Gasteiger partial charge is 0.322 e. The van der Waals surface area contributed by atoms with E-state index in [-0.39, 0.29) is 22.8 Å². The summed E-state index contributed by atoms with van der Waals surface area (Å²) in [5, 5.41) is 0. The number of benzene rings is 3. The number of primary amides is 1. The molecule has 1 aliphatic heterocycles. The summed E-state index contributed by atoms with van der Waals surface area (Å²) in [6, 6.07) is 26.3. The molecule has 3 atom stereocenters. The SMILES string of the molecule is Cc1ccc(S(=O)(=O)OC2(C)N([C@@H]3CC[C@H](C(C(N)=O)(c4ccccc4)c4ccccc4)C3)CC[N+]2C)cc1. The van der Waals surface area contributed by atoms with Gasteiger partial charge in [0, 0.05) is 13.0 Å². The molecular formula is C31H37N3O4S+. The first-order valence-corrected chi connectivity index (χ1v) is 14.9. The van der Waals surface area contributed by atoms with Crippen molar-refractivity contribution in [2.45, 2.75) is 55.3 Å². The number of hydrogen-bond acceptors (Lipinski definition) is 6. The fourth-order valence-electron chi connectivity index (χ4n) is 6.65. The topological polar surface area (TPSA) is 95.6 Å². The van der Waals surface area contributed by atoms with E-state index in [0.29, 0.717) is 19.5 Å². The van der Waals surface area contributed by atoms with Gasteiger partial charge in [0.05, 0.1) is 11.4 Å². The quantitative estimate of drug-likeness (QED) is 0.338. The van der Waals surface area contributed by atoms with Gasteiger partial charge in [-0.3, -0.25) is 4.79 Å². The van der Waals surface area contributed by atoms with E-state index in [0.717, 1.165) is 29.5 Å². The Bertz CT molecular complexity index is 1370. The standard InChI is InChI=1S/C31H37N3O4S/c1-23-14-18-28(19-15-23)39(36,37)38-30(2)33(3)20-21-34(30)27-17-16-26(22-27)31(29(32)35,24-10-6-4-7-11-24)25-12-8-5-9-13-25/h4-15,18-19,26-27H,16-17,20-22H2,1-3H3,(H2,32,35)/q+1/t26-,27+,30?/m0/s1. The predicted octanol–water partition coefficient (Wildman–Crippen LogP) is 4.10. The second kappa shape index (κ2) is 10.5. The van der Waals surface area contributed by atoms with E-state index < -0.39 is 21.4 Å². The number of carbonyl (C=O) groups excluding carboxylic acids is 1. The first-order chi connectivity index (χ1) is 18.6. The van der Waals surface area contributed by atoms with Crippen molar-refractivity contribution in [3.63, 3.8) is 0 Å². The third-order valence-corrected chi connectivity index (χ3v) is 10.2. The number of likely N-dealkylation sites (N-methyl/N-ethyl adjacent to an activating group) is 1. The van der Waals surface area contributed by atoms with Gasteiger partial charge in [0.1, 0.15) is 19.0 Å². The summed E-state index contributed by atoms with van der Waals surface area (Å²) in [5.74, 6) is -1.59. The Labute approximate surface area is 231 Å². The molecule has 7 nitrogen and oxygen atoms in total. The normalized spacial score (nSPS) is 24.7. The minimum absolute atomic E-state index is 0.0179. The minimum Gasteiger partial charge on any atom is -0.369 e. The molecule has 8 heteroatoms. The summed E-state index contributed by atoms with van der Waals surface area (Å²) in [7, 11) is -2.13. The second-order valence-electron chi connectivity index (χ2n) is 11.0. The molecule has 1 radical (unpaired) electrons. The Hall–Kier alpha value is -3.04. The monoisotopic (exact) mass is 547 g/mol. The fourth-order valence-corrected chi connectivity index (χ4v) is 7.85. The van der Waals surface area contributed by atoms with Crippen molar-refractivity contribution in [3.8, 4) is 0 Å². The summed E-state index contributed by atoms with van der Waals surface area (Å²) in [4.78, 5) is 17.7. The molecule has 2 N–H and O–H groups in total. The van der Waals surface area contributed by atoms with Crippen LogP contribution in [0.4, 0.5) is 0 Å². The van der Waals surface area contributed by atoms with Gasteiger partial charge in [0.25, 0.3) is 0 Å². The molecule has 39 heavy (non-hydrogen) atoms. The van der Waals surface area contributed by atoms with E-state index in [9.17, 15) is 13.2 Å². The van der Waals surface area contributed by atoms with Gasteiger partial charge < -0.3 is 5.73 Å². The van der Waals surface area contributed by atoms with Gasteiger partial charge in [-0.25, -0.2) is 4.90 Å². The van der Waals surface area contributed by atoms with Gasteiger partial charge in [-0.15, -0.1) is 4.90 Å². The van der Waals surface area contributed by atoms with Crippen LogP contribution in [0.15, 0.2) is 89.8 Å². The van der Waals surface area contributed by atoms with Crippen molar-refractivity contribution in [1.29, 1.82) is 0 Å². The van der Waals surface area contributed by atoms with Crippen molar-refractivity contribution in [3.05, 3.63) is 102 Å². The number of aryl methyl sites for hydroxylation is 1. The molecule has 1 amide bonds. The van der Waals surface area contributed by atoms with Crippen molar-refractivity contribution >= 4 is 16.0 Å². The van der Waals surface area contributed by atoms with E-state index in [1.54, 1.807) is 24.3 Å². The van der Waals surface area contributed by atoms with Crippen LogP contribution in [0.1, 0.15) is 42.9 Å². The van der Waals surface area contributed by atoms with Crippen molar-refractivity contribution in [2.75, 3.05) is 20.1 Å². The summed E-state index contributed by atoms with van der Waals surface area (Å²) < 4.78 is 32.7. The van der Waals surface area contributed by atoms with E-state index in [4.69, 9.17) is 9.92 Å². The third-order valence-electron chi connectivity index (χ3n) is 8.80. The van der Waals surface area contributed by atoms with E-state index in [2.05, 4.69) is 4.90 Å². The molecule has 0 bridgehead atoms. The molecule has 0 spiro atoms. The zero-order valence-electron chi connectivity index (χ0n) is 22.8. The largest absolute Gasteiger partial charge is 0.369 e. The van der Waals surface area contributed by atoms with Crippen LogP contribution < -0.4 is 10.6 Å². The van der Waals surface area contributed by atoms with E-state index in [1.807, 2.05) is 86.5 Å². The molecular weight excluding hydrogens is 510 g/mol. The zero-order chi connectivity index (χ0) is 27.8. The highest BCUT2D eigenvalue weighted by Crippen LogP contribution is 2.49. The lowest BCUT2D eigenvalue weighted by molar-refractivity contribution is -0.124. The number of amides is 1. The molecule has 3 aromatic rings. The average Bonchev–Trinajstić information content (AvgIpc) is 3.50. The van der Waals surface area contributed by atoms with Gasteiger partial charge in [-0.05, 0) is 55.4 Å². The zero-order valence-corrected chi connectivity index (χ0v) is 23.6. The summed E-state index contributed by atoms with van der Waals surface area (Å²) in [6.45, 7) is 5.07. The van der Waals surface area contributed by atoms with Crippen LogP contribution in [-0.4, -0.2) is 51.3 Å². The van der Waals surface area contributed by atoms with E-state index in [1.165, 1.54) is 0 Å². The van der Waals surface area contributed by atoms with Crippen LogP contribution >= 0.6 is 0 Å². The molecule has 5 rings (SSSR count). The van der Waals surface area contributed by atoms with Crippen LogP contribution in [0.25, 0.3) is 0 Å². The molecule has 205 valence electrons. The minimum atomic E-state index is -4.01. The highest BCUT2D eigenvalue weighted by atomic mass is 32.2. The van der Waals surface area contributed by atoms with Gasteiger partial charge in [0.15, 0.2) is 0 Å². The summed E-state index contributed by atoms with van der Waals surface area (Å²) in [6.07, 6.45) is 2.26. The molecule has 1 saturated carbocycles. The number of nitrogens with two attached hydrogens (primary N) is 1. The molecule has 1 unspecified atom stereocenters. The highest BCUT2D eigenvalue weighted by molar-refractivity contribution is 7.86. The first-order valence-electron chi connectivity index (χ1n) is 13.5. The van der Waals surface area contributed by atoms with Gasteiger partial charge >= 0.3 is 16.0 Å². The average molecular weight is 548 g/mol. The molecule has 1 saturated heterocycles. The van der Waals surface area contributed by atoms with Crippen molar-refractivity contribution in [2.24, 2.45) is 11.7 Å². The van der Waals surface area contributed by atoms with Crippen molar-refractivity contribution < 1.29 is 17.4 Å². The van der Waals surface area contributed by atoms with Gasteiger partial charge in [-0.2, -0.15) is 12.6 Å². The molecule has 2 fully saturated rings. The second-order valence-corrected chi connectivity index (χ2v) is 12.5. The van der Waals surface area contributed by atoms with Crippen LogP contribution in [0.3, 0.4) is 0 Å². The Morgan fingerprint density at radius 1 is 0.974 bits per heavy atom. The van der Waals surface area contributed by atoms with Crippen LogP contribution in [-0.2, 0) is 24.5 Å². The first kappa shape index (κ1) is 27.5. The Morgan fingerprint density at radius 2 is 1.54 bits per heavy atom. The van der Waals surface area contributed by atoms with Crippen molar-refractivity contribution in [1.82, 2.24) is 9.80 Å². The third kappa shape index (κ3) is 4.80. The predicted molar refractivity (Wildman–Crippen MR) is 151 cm³/mol. The Kier molecular flexibility index (Phi) is 7.41. The van der Waals surface area contributed by atoms with Gasteiger partial charge in [-0.1, -0.05) is 78.4 Å². The Morgan fingerprint density at radius 3 is 2.08 bits per heavy atom.